The molecule has 0 aliphatic carbocycles. The summed E-state index contributed by atoms with van der Waals surface area (Å²) in [6.45, 7) is 68.5. The summed E-state index contributed by atoms with van der Waals surface area (Å²) in [6, 6.07) is 55.5. The van der Waals surface area contributed by atoms with Crippen molar-refractivity contribution in [3.05, 3.63) is 204 Å². The van der Waals surface area contributed by atoms with E-state index in [0.717, 1.165) is 147 Å². The van der Waals surface area contributed by atoms with Gasteiger partial charge in [-0.2, -0.15) is 0 Å². The molecule has 2 aromatic heterocycles. The molecule has 9 aromatic rings. The number of aliphatic hydroxyl groups is 1. The van der Waals surface area contributed by atoms with E-state index in [0.29, 0.717) is 93.5 Å². The number of amides is 4. The Morgan fingerprint density at radius 3 is 1.46 bits per heavy atom. The fraction of sp³-hybridized carbons (Fsp3) is 0.530. The van der Waals surface area contributed by atoms with Gasteiger partial charge in [0, 0.05) is 111 Å². The minimum atomic E-state index is -3.48. The number of pyridine rings is 1. The van der Waals surface area contributed by atoms with Gasteiger partial charge in [0.15, 0.2) is 23.1 Å². The molecule has 10 rings (SSSR count). The normalized spacial score (nSPS) is 12.2. The molecule has 0 unspecified atom stereocenters. The standard InChI is InChI=1S/C18H29N3O2.C17H25N3O2S.C17H22N2O.C17H27NO2.C16H26N2O2.C15H24N2O3.C15H24N2O2/c1-18(2,3)14-20(4)13-17(22)19-15-5-7-16(8-6-15)21-9-11-23-12-10-21;1-6-10-20-15(14-9-7-8-13(2)11-14)18-19-16(20)23(21,22)12-17(3,4)5;1-13-8-5-6-10-15(13)20-16-14(9-7-11-18-16)19-12-17(2,3)4;1-6-18(13-17(2,3)4)12-15(19)11-14-7-9-16(20-5)10-8-14;1-5-18(12-16(2,3)4)10-15(20)17-14-9-7-6-8-13(14)11-19;1-5-17(4)11-15(18)16-12-8-9-13(19-6-2)14(10-12)20-7-3;1-15(2,3)11-17(4)10-14(18)16-12-6-8-13(19-5)9-7-12/h5-8H,9-14H2,1-4H3,(H,19,22);7-9,11H,6,10,12H2,1-5H3;5-11,19H,12H2,1-4H3;7-10H,6,11-13H2,1-5H3;6-9,19H,5,10-12H2,1-4H3,(H,17,20);8-10H,5-7,11H2,1-4H3,(H,16,18);6-9H,10-11H2,1-5H3,(H,16,18). The molecule has 1 fully saturated rings. The van der Waals surface area contributed by atoms with Crippen LogP contribution in [-0.4, -0.2) is 253 Å². The number of likely N-dealkylation sites (N-methyl/N-ethyl adjacent to an activating group) is 5. The van der Waals surface area contributed by atoms with Crippen molar-refractivity contribution >= 4 is 73.4 Å². The van der Waals surface area contributed by atoms with E-state index in [2.05, 4.69) is 191 Å². The van der Waals surface area contributed by atoms with Crippen molar-refractivity contribution in [2.75, 3.05) is 197 Å². The molecule has 1 saturated heterocycles. The summed E-state index contributed by atoms with van der Waals surface area (Å²) in [7, 11) is 5.63. The van der Waals surface area contributed by atoms with Crippen molar-refractivity contribution in [3.63, 3.8) is 0 Å². The number of rotatable bonds is 40. The number of Topliss-reactive ketones (excluding diaryl/α,β-unsaturated/α-hetero) is 1. The molecule has 30 heteroatoms. The fourth-order valence-electron chi connectivity index (χ4n) is 15.2. The van der Waals surface area contributed by atoms with Gasteiger partial charge in [0.25, 0.3) is 0 Å². The molecule has 4 amide bonds. The number of methoxy groups -OCH3 is 2. The van der Waals surface area contributed by atoms with E-state index in [-0.39, 0.29) is 79.4 Å². The van der Waals surface area contributed by atoms with Crippen molar-refractivity contribution in [1.82, 2.24) is 44.2 Å². The highest BCUT2D eigenvalue weighted by molar-refractivity contribution is 7.91. The number of nitrogens with one attached hydrogen (secondary N) is 5. The summed E-state index contributed by atoms with van der Waals surface area (Å²) in [5.74, 6) is 5.27. The summed E-state index contributed by atoms with van der Waals surface area (Å²) in [4.78, 5) is 77.1. The zero-order valence-corrected chi connectivity index (χ0v) is 94.2. The number of hydrogen-bond acceptors (Lipinski definition) is 24. The average molecular weight is 2030 g/mol. The molecule has 3 heterocycles. The monoisotopic (exact) mass is 2020 g/mol. The number of ketones is 1. The summed E-state index contributed by atoms with van der Waals surface area (Å²) in [5.41, 5.74) is 10.6. The number of sulfone groups is 1. The van der Waals surface area contributed by atoms with E-state index in [1.807, 2.05) is 251 Å². The predicted molar refractivity (Wildman–Crippen MR) is 595 cm³/mol. The Morgan fingerprint density at radius 2 is 0.966 bits per heavy atom. The molecule has 0 radical (unpaired) electrons. The number of nitrogens with zero attached hydrogens (tertiary/aromatic N) is 10. The van der Waals surface area contributed by atoms with E-state index in [1.165, 1.54) is 5.69 Å². The van der Waals surface area contributed by atoms with Crippen LogP contribution in [0.5, 0.6) is 34.6 Å². The van der Waals surface area contributed by atoms with Gasteiger partial charge >= 0.3 is 0 Å². The van der Waals surface area contributed by atoms with E-state index in [4.69, 9.17) is 28.4 Å². The molecular weight excluding hydrogens is 1850 g/mol. The van der Waals surface area contributed by atoms with Crippen molar-refractivity contribution in [2.45, 2.75) is 211 Å². The Hall–Kier alpha value is -11.4. The lowest BCUT2D eigenvalue weighted by molar-refractivity contribution is -0.120. The molecule has 145 heavy (non-hydrogen) atoms. The van der Waals surface area contributed by atoms with Gasteiger partial charge in [-0.15, -0.1) is 10.2 Å². The SMILES string of the molecule is CCCn1c(-c2cccc(C)c2)nnc1S(=O)(=O)CC(C)(C)C.CCN(CC(=O)Cc1ccc(OC)cc1)CC(C)(C)C.CCN(CC(=O)Nc1ccccc1CO)CC(C)(C)C.CCOc1ccc(NC(=O)CN(C)CC)cc1OCC.CN(CC(=O)Nc1ccc(N2CCOCC2)cc1)CC(C)(C)C.COc1ccc(NC(=O)CN(C)CC(C)(C)C)cc1.Cc1ccccc1Oc1ncccc1NCC(C)(C)C. The number of para-hydroxylation sites is 2. The number of carbonyl (C=O) groups is 5. The molecular formula is C115H177N15O14S. The number of ether oxygens (including phenoxy) is 6. The third kappa shape index (κ3) is 53.0. The van der Waals surface area contributed by atoms with Gasteiger partial charge in [-0.25, -0.2) is 13.4 Å². The number of aromatic nitrogens is 4. The third-order valence-electron chi connectivity index (χ3n) is 21.3. The van der Waals surface area contributed by atoms with Crippen molar-refractivity contribution in [2.24, 2.45) is 32.5 Å². The number of benzene rings is 7. The maximum atomic E-state index is 12.7. The van der Waals surface area contributed by atoms with Crippen LogP contribution in [-0.2, 0) is 58.1 Å². The number of morpholine rings is 1. The minimum absolute atomic E-state index is 0.00285. The number of carbonyl (C=O) groups excluding carboxylic acids is 5. The first-order chi connectivity index (χ1) is 68.0. The Balaban J connectivity index is 0.000000353. The largest absolute Gasteiger partial charge is 0.497 e. The highest BCUT2D eigenvalue weighted by Crippen LogP contribution is 2.34. The first kappa shape index (κ1) is 126. The molecule has 6 N–H and O–H groups in total. The number of aryl methyl sites for hydroxylation is 2. The van der Waals surface area contributed by atoms with Crippen molar-refractivity contribution < 1.29 is 65.9 Å². The molecule has 0 bridgehead atoms. The van der Waals surface area contributed by atoms with E-state index in [1.54, 1.807) is 31.0 Å². The summed E-state index contributed by atoms with van der Waals surface area (Å²) in [6.07, 6.45) is 3.05. The van der Waals surface area contributed by atoms with E-state index < -0.39 is 9.84 Å². The maximum absolute atomic E-state index is 12.7. The number of hydrogen-bond donors (Lipinski definition) is 6. The van der Waals surface area contributed by atoms with Gasteiger partial charge in [0.05, 0.1) is 91.4 Å². The van der Waals surface area contributed by atoms with E-state index in [9.17, 15) is 37.5 Å². The van der Waals surface area contributed by atoms with Gasteiger partial charge in [-0.1, -0.05) is 225 Å². The van der Waals surface area contributed by atoms with Crippen molar-refractivity contribution in [1.29, 1.82) is 0 Å². The first-order valence-electron chi connectivity index (χ1n) is 50.7. The second-order valence-electron chi connectivity index (χ2n) is 43.8. The first-order valence-corrected chi connectivity index (χ1v) is 52.3. The van der Waals surface area contributed by atoms with Gasteiger partial charge in [-0.3, -0.25) is 53.0 Å². The van der Waals surface area contributed by atoms with Crippen LogP contribution >= 0.6 is 0 Å². The lowest BCUT2D eigenvalue weighted by atomic mass is 9.96. The quantitative estimate of drug-likeness (QED) is 0.0208. The molecule has 7 aromatic carbocycles. The highest BCUT2D eigenvalue weighted by atomic mass is 32.2. The Labute approximate surface area is 869 Å². The van der Waals surface area contributed by atoms with Crippen LogP contribution in [0.3, 0.4) is 0 Å². The molecule has 1 aliphatic heterocycles. The van der Waals surface area contributed by atoms with Crippen LogP contribution < -0.4 is 55.2 Å². The molecule has 802 valence electrons. The summed E-state index contributed by atoms with van der Waals surface area (Å²) < 4.78 is 59.7. The topological polar surface area (TPSA) is 318 Å². The lowest BCUT2D eigenvalue weighted by Crippen LogP contribution is -2.38. The lowest BCUT2D eigenvalue weighted by Gasteiger charge is -2.29. The summed E-state index contributed by atoms with van der Waals surface area (Å²) in [5, 5.41) is 32.5. The fourth-order valence-corrected chi connectivity index (χ4v) is 17.2. The van der Waals surface area contributed by atoms with Gasteiger partial charge < -0.3 is 65.0 Å². The maximum Gasteiger partial charge on any atom is 0.250 e. The molecule has 29 nitrogen and oxygen atoms in total. The second-order valence-corrected chi connectivity index (χ2v) is 45.7. The Morgan fingerprint density at radius 1 is 0.476 bits per heavy atom. The van der Waals surface area contributed by atoms with Gasteiger partial charge in [-0.05, 0) is 222 Å². The Bertz CT molecular complexity index is 5420. The molecule has 1 aliphatic rings. The van der Waals surface area contributed by atoms with Crippen LogP contribution in [0.4, 0.5) is 34.1 Å². The van der Waals surface area contributed by atoms with Crippen LogP contribution in [0.25, 0.3) is 11.4 Å². The Kier molecular flexibility index (Phi) is 54.4. The predicted octanol–water partition coefficient (Wildman–Crippen LogP) is 21.2. The van der Waals surface area contributed by atoms with Crippen molar-refractivity contribution in [3.8, 4) is 46.0 Å². The average Bonchev–Trinajstić information content (AvgIpc) is 1.63. The van der Waals surface area contributed by atoms with Gasteiger partial charge in [0.2, 0.25) is 44.5 Å². The van der Waals surface area contributed by atoms with Crippen LogP contribution in [0.1, 0.15) is 195 Å². The third-order valence-corrected chi connectivity index (χ3v) is 23.4. The van der Waals surface area contributed by atoms with Gasteiger partial charge in [0.1, 0.15) is 17.2 Å². The molecule has 0 spiro atoms. The zero-order valence-electron chi connectivity index (χ0n) is 93.4. The van der Waals surface area contributed by atoms with Crippen LogP contribution in [0, 0.1) is 46.3 Å². The molecule has 0 saturated carbocycles. The number of anilines is 6. The van der Waals surface area contributed by atoms with E-state index >= 15 is 0 Å². The van der Waals surface area contributed by atoms with Crippen LogP contribution in [0.2, 0.25) is 0 Å². The van der Waals surface area contributed by atoms with Crippen LogP contribution in [0.15, 0.2) is 187 Å². The summed E-state index contributed by atoms with van der Waals surface area (Å²) >= 11 is 0. The molecule has 0 atom stereocenters. The zero-order chi connectivity index (χ0) is 108. The second kappa shape index (κ2) is 62.6. The minimum Gasteiger partial charge on any atom is -0.497 e. The highest BCUT2D eigenvalue weighted by Gasteiger charge is 2.31. The number of aliphatic hydroxyl groups excluding tert-OH is 1. The smallest absolute Gasteiger partial charge is 0.250 e.